The number of rotatable bonds is 8. The fraction of sp³-hybridized carbons (Fsp3) is 0.308. The fourth-order valence-corrected chi connectivity index (χ4v) is 4.21. The summed E-state index contributed by atoms with van der Waals surface area (Å²) >= 11 is 0. The number of nitrogens with two attached hydrogens (primary N) is 1. The molecule has 35 heavy (non-hydrogen) atoms. The van der Waals surface area contributed by atoms with Crippen molar-refractivity contribution in [2.75, 3.05) is 23.7 Å². The fourth-order valence-electron chi connectivity index (χ4n) is 4.21. The van der Waals surface area contributed by atoms with Crippen LogP contribution >= 0.6 is 0 Å². The molecule has 0 spiro atoms. The zero-order chi connectivity index (χ0) is 24.9. The van der Waals surface area contributed by atoms with Gasteiger partial charge in [0.15, 0.2) is 0 Å². The number of halogens is 1. The van der Waals surface area contributed by atoms with E-state index in [1.54, 1.807) is 4.90 Å². The van der Waals surface area contributed by atoms with Gasteiger partial charge >= 0.3 is 0 Å². The summed E-state index contributed by atoms with van der Waals surface area (Å²) in [4.78, 5) is 26.8. The van der Waals surface area contributed by atoms with Crippen LogP contribution in [0.1, 0.15) is 36.6 Å². The van der Waals surface area contributed by atoms with E-state index in [2.05, 4.69) is 23.4 Å². The average molecular weight is 475 g/mol. The van der Waals surface area contributed by atoms with Crippen LogP contribution in [-0.4, -0.2) is 34.7 Å². The lowest BCUT2D eigenvalue weighted by Gasteiger charge is -2.17. The van der Waals surface area contributed by atoms with E-state index in [0.29, 0.717) is 37.3 Å². The van der Waals surface area contributed by atoms with Crippen molar-refractivity contribution in [1.29, 1.82) is 5.26 Å². The van der Waals surface area contributed by atoms with Gasteiger partial charge in [-0.3, -0.25) is 9.59 Å². The maximum atomic E-state index is 13.2. The van der Waals surface area contributed by atoms with Crippen LogP contribution in [0.15, 0.2) is 48.5 Å². The minimum absolute atomic E-state index is 0.0603. The molecule has 3 aromatic rings. The molecule has 1 atom stereocenters. The normalized spacial score (nSPS) is 15.3. The van der Waals surface area contributed by atoms with E-state index in [1.807, 2.05) is 24.3 Å². The third kappa shape index (κ3) is 5.17. The molecule has 2 heterocycles. The van der Waals surface area contributed by atoms with Crippen LogP contribution in [0.3, 0.4) is 0 Å². The van der Waals surface area contributed by atoms with Gasteiger partial charge in [0.1, 0.15) is 23.3 Å². The minimum atomic E-state index is -0.406. The van der Waals surface area contributed by atoms with Crippen molar-refractivity contribution >= 4 is 23.3 Å². The number of nitrogens with zero attached hydrogens (tertiary/aromatic N) is 4. The van der Waals surface area contributed by atoms with E-state index in [-0.39, 0.29) is 35.4 Å². The molecule has 0 radical (unpaired) electrons. The van der Waals surface area contributed by atoms with Gasteiger partial charge in [-0.25, -0.2) is 9.07 Å². The number of nitriles is 1. The maximum absolute atomic E-state index is 13.2. The first-order valence-electron chi connectivity index (χ1n) is 11.6. The van der Waals surface area contributed by atoms with Crippen molar-refractivity contribution in [3.8, 4) is 11.8 Å². The van der Waals surface area contributed by atoms with E-state index in [9.17, 15) is 19.2 Å². The second-order valence-corrected chi connectivity index (χ2v) is 8.53. The molecule has 8 nitrogen and oxygen atoms in total. The minimum Gasteiger partial charge on any atom is -0.382 e. The summed E-state index contributed by atoms with van der Waals surface area (Å²) in [6, 6.07) is 15.6. The molecular formula is C26H27FN6O2. The van der Waals surface area contributed by atoms with Crippen LogP contribution in [0.5, 0.6) is 0 Å². The molecule has 0 saturated carbocycles. The predicted molar refractivity (Wildman–Crippen MR) is 130 cm³/mol. The third-order valence-electron chi connectivity index (χ3n) is 6.22. The topological polar surface area (TPSA) is 117 Å². The number of hydrogen-bond donors (Lipinski definition) is 2. The summed E-state index contributed by atoms with van der Waals surface area (Å²) in [6.45, 7) is 2.81. The number of anilines is 2. The van der Waals surface area contributed by atoms with Gasteiger partial charge < -0.3 is 16.0 Å². The van der Waals surface area contributed by atoms with E-state index in [0.717, 1.165) is 12.1 Å². The van der Waals surface area contributed by atoms with Gasteiger partial charge in [-0.15, -0.1) is 0 Å². The first kappa shape index (κ1) is 24.0. The predicted octanol–water partition coefficient (Wildman–Crippen LogP) is 3.13. The monoisotopic (exact) mass is 474 g/mol. The number of aromatic nitrogens is 2. The highest BCUT2D eigenvalue weighted by molar-refractivity contribution is 6.00. The van der Waals surface area contributed by atoms with Crippen LogP contribution in [-0.2, 0) is 22.4 Å². The lowest BCUT2D eigenvalue weighted by Crippen LogP contribution is -2.33. The molecule has 1 fully saturated rings. The average Bonchev–Trinajstić information content (AvgIpc) is 3.41. The van der Waals surface area contributed by atoms with Gasteiger partial charge in [0.2, 0.25) is 11.8 Å². The first-order valence-corrected chi connectivity index (χ1v) is 11.6. The van der Waals surface area contributed by atoms with Crippen LogP contribution in [0.4, 0.5) is 15.9 Å². The van der Waals surface area contributed by atoms with Crippen LogP contribution in [0.25, 0.3) is 5.69 Å². The Morgan fingerprint density at radius 1 is 1.20 bits per heavy atom. The highest BCUT2D eigenvalue weighted by atomic mass is 19.1. The highest BCUT2D eigenvalue weighted by Crippen LogP contribution is 2.26. The first-order chi connectivity index (χ1) is 16.9. The van der Waals surface area contributed by atoms with Crippen LogP contribution in [0, 0.1) is 23.1 Å². The van der Waals surface area contributed by atoms with E-state index >= 15 is 0 Å². The molecule has 180 valence electrons. The summed E-state index contributed by atoms with van der Waals surface area (Å²) in [5.74, 6) is -0.818. The summed E-state index contributed by atoms with van der Waals surface area (Å²) in [7, 11) is 0. The third-order valence-corrected chi connectivity index (χ3v) is 6.22. The summed E-state index contributed by atoms with van der Waals surface area (Å²) in [6.07, 6.45) is 2.08. The summed E-state index contributed by atoms with van der Waals surface area (Å²) in [5.41, 5.74) is 9.43. The molecule has 1 saturated heterocycles. The van der Waals surface area contributed by atoms with Gasteiger partial charge in [0.25, 0.3) is 0 Å². The van der Waals surface area contributed by atoms with E-state index in [4.69, 9.17) is 5.73 Å². The molecule has 0 aliphatic carbocycles. The molecule has 4 rings (SSSR count). The number of carbonyl (C=O) groups is 2. The Balaban J connectivity index is 1.31. The Kier molecular flexibility index (Phi) is 7.11. The molecule has 0 bridgehead atoms. The Hall–Kier alpha value is -4.19. The Bertz CT molecular complexity index is 1260. The molecule has 1 aliphatic heterocycles. The van der Waals surface area contributed by atoms with Crippen molar-refractivity contribution in [3.05, 3.63) is 71.2 Å². The Morgan fingerprint density at radius 3 is 2.54 bits per heavy atom. The van der Waals surface area contributed by atoms with Gasteiger partial charge in [0.05, 0.1) is 17.3 Å². The smallest absolute Gasteiger partial charge is 0.227 e. The Morgan fingerprint density at radius 2 is 1.89 bits per heavy atom. The standard InChI is InChI=1S/C26H27FN6O2/c1-2-17-5-9-20(10-6-17)32-16-18(14-24(32)34)26(35)30-13-3-4-23-22(15-28)25(29)33(31-23)21-11-7-19(27)8-12-21/h5-12,18H,2-4,13-14,16,29H2,1H3,(H,30,35). The van der Waals surface area contributed by atoms with Crippen molar-refractivity contribution < 1.29 is 14.0 Å². The molecule has 1 aromatic heterocycles. The molecular weight excluding hydrogens is 447 g/mol. The van der Waals surface area contributed by atoms with Crippen LogP contribution < -0.4 is 16.0 Å². The van der Waals surface area contributed by atoms with Crippen molar-refractivity contribution in [3.63, 3.8) is 0 Å². The number of amides is 2. The van der Waals surface area contributed by atoms with Crippen LogP contribution in [0.2, 0.25) is 0 Å². The number of hydrogen-bond acceptors (Lipinski definition) is 5. The lowest BCUT2D eigenvalue weighted by atomic mass is 10.1. The van der Waals surface area contributed by atoms with E-state index in [1.165, 1.54) is 34.5 Å². The van der Waals surface area contributed by atoms with Gasteiger partial charge in [-0.05, 0) is 61.2 Å². The molecule has 2 aromatic carbocycles. The molecule has 2 amide bonds. The van der Waals surface area contributed by atoms with Gasteiger partial charge in [0, 0.05) is 25.2 Å². The van der Waals surface area contributed by atoms with E-state index < -0.39 is 5.92 Å². The largest absolute Gasteiger partial charge is 0.382 e. The second-order valence-electron chi connectivity index (χ2n) is 8.53. The second kappa shape index (κ2) is 10.4. The maximum Gasteiger partial charge on any atom is 0.227 e. The summed E-state index contributed by atoms with van der Waals surface area (Å²) < 4.78 is 14.6. The highest BCUT2D eigenvalue weighted by Gasteiger charge is 2.34. The summed E-state index contributed by atoms with van der Waals surface area (Å²) in [5, 5.41) is 16.8. The molecule has 9 heteroatoms. The lowest BCUT2D eigenvalue weighted by molar-refractivity contribution is -0.126. The number of carbonyl (C=O) groups excluding carboxylic acids is 2. The van der Waals surface area contributed by atoms with Gasteiger partial charge in [-0.2, -0.15) is 10.4 Å². The number of aryl methyl sites for hydroxylation is 2. The zero-order valence-corrected chi connectivity index (χ0v) is 19.5. The van der Waals surface area contributed by atoms with Crippen molar-refractivity contribution in [2.45, 2.75) is 32.6 Å². The quantitative estimate of drug-likeness (QED) is 0.487. The SMILES string of the molecule is CCc1ccc(N2CC(C(=O)NCCCc3nn(-c4ccc(F)cc4)c(N)c3C#N)CC2=O)cc1. The molecule has 1 aliphatic rings. The zero-order valence-electron chi connectivity index (χ0n) is 19.5. The number of nitrogens with one attached hydrogen (secondary N) is 1. The molecule has 3 N–H and O–H groups in total. The Labute approximate surface area is 203 Å². The number of benzene rings is 2. The number of nitrogen functional groups attached to an aromatic ring is 1. The van der Waals surface area contributed by atoms with Crippen molar-refractivity contribution in [2.24, 2.45) is 5.92 Å². The van der Waals surface area contributed by atoms with Gasteiger partial charge in [-0.1, -0.05) is 19.1 Å². The van der Waals surface area contributed by atoms with Crippen molar-refractivity contribution in [1.82, 2.24) is 15.1 Å². The molecule has 1 unspecified atom stereocenters.